The van der Waals surface area contributed by atoms with E-state index in [0.717, 1.165) is 41.7 Å². The molecular formula is C19H23N7O. The summed E-state index contributed by atoms with van der Waals surface area (Å²) in [5, 5.41) is 3.09. The van der Waals surface area contributed by atoms with E-state index in [0.29, 0.717) is 11.6 Å². The van der Waals surface area contributed by atoms with Gasteiger partial charge in [-0.15, -0.1) is 0 Å². The van der Waals surface area contributed by atoms with Crippen LogP contribution in [0.3, 0.4) is 0 Å². The summed E-state index contributed by atoms with van der Waals surface area (Å²) in [5.41, 5.74) is 3.70. The third kappa shape index (κ3) is 3.47. The Hall–Kier alpha value is -3.03. The third-order valence-corrected chi connectivity index (χ3v) is 4.79. The van der Waals surface area contributed by atoms with Crippen LogP contribution in [0.5, 0.6) is 0 Å². The van der Waals surface area contributed by atoms with Gasteiger partial charge in [-0.05, 0) is 46.1 Å². The first-order valence-electron chi connectivity index (χ1n) is 9.25. The van der Waals surface area contributed by atoms with Gasteiger partial charge in [0.25, 0.3) is 11.5 Å². The maximum absolute atomic E-state index is 12.5. The molecule has 8 nitrogen and oxygen atoms in total. The molecular weight excluding hydrogens is 342 g/mol. The average molecular weight is 365 g/mol. The Kier molecular flexibility index (Phi) is 4.47. The van der Waals surface area contributed by atoms with E-state index < -0.39 is 0 Å². The van der Waals surface area contributed by atoms with E-state index in [4.69, 9.17) is 0 Å². The number of rotatable bonds is 3. The number of piperidine rings is 1. The minimum Gasteiger partial charge on any atom is -0.341 e. The van der Waals surface area contributed by atoms with Crippen molar-refractivity contribution in [1.82, 2.24) is 29.7 Å². The zero-order valence-corrected chi connectivity index (χ0v) is 15.9. The Balaban J connectivity index is 1.69. The largest absolute Gasteiger partial charge is 0.341 e. The second kappa shape index (κ2) is 6.94. The van der Waals surface area contributed by atoms with E-state index in [1.54, 1.807) is 6.20 Å². The molecule has 8 heteroatoms. The van der Waals surface area contributed by atoms with Gasteiger partial charge in [-0.2, -0.15) is 4.68 Å². The minimum atomic E-state index is -0.213. The Morgan fingerprint density at radius 2 is 1.63 bits per heavy atom. The number of aryl methyl sites for hydroxylation is 3. The van der Waals surface area contributed by atoms with Crippen molar-refractivity contribution in [3.63, 3.8) is 0 Å². The van der Waals surface area contributed by atoms with Gasteiger partial charge in [0.05, 0.1) is 11.4 Å². The lowest BCUT2D eigenvalue weighted by atomic mass is 10.1. The standard InChI is InChI=1S/C19H23N7O/c1-12-9-13(2)22-19(21-12)26-17(27)10-16(24-26)15-11-20-18(23-14(15)3)25-7-5-4-6-8-25/h9-11,24H,4-8H2,1-3H3. The van der Waals surface area contributed by atoms with Gasteiger partial charge in [0.1, 0.15) is 0 Å². The van der Waals surface area contributed by atoms with E-state index in [2.05, 4.69) is 29.9 Å². The number of hydrogen-bond acceptors (Lipinski definition) is 6. The predicted octanol–water partition coefficient (Wildman–Crippen LogP) is 2.33. The van der Waals surface area contributed by atoms with Crippen molar-refractivity contribution in [1.29, 1.82) is 0 Å². The van der Waals surface area contributed by atoms with Gasteiger partial charge in [0.2, 0.25) is 5.95 Å². The van der Waals surface area contributed by atoms with Gasteiger partial charge >= 0.3 is 0 Å². The Morgan fingerprint density at radius 3 is 2.30 bits per heavy atom. The van der Waals surface area contributed by atoms with Crippen molar-refractivity contribution in [2.24, 2.45) is 0 Å². The Bertz CT molecular complexity index is 1010. The highest BCUT2D eigenvalue weighted by Gasteiger charge is 2.17. The molecule has 140 valence electrons. The molecule has 1 fully saturated rings. The van der Waals surface area contributed by atoms with Crippen LogP contribution in [0.15, 0.2) is 23.1 Å². The summed E-state index contributed by atoms with van der Waals surface area (Å²) in [6.07, 6.45) is 5.40. The molecule has 0 aliphatic carbocycles. The van der Waals surface area contributed by atoms with Gasteiger partial charge in [-0.3, -0.25) is 9.89 Å². The molecule has 0 atom stereocenters. The SMILES string of the molecule is Cc1cc(C)nc(-n2[nH]c(-c3cnc(N4CCCCC4)nc3C)cc2=O)n1. The first-order valence-corrected chi connectivity index (χ1v) is 9.25. The molecule has 0 unspecified atom stereocenters. The molecule has 3 aromatic rings. The van der Waals surface area contributed by atoms with Crippen molar-refractivity contribution in [3.8, 4) is 17.2 Å². The zero-order valence-electron chi connectivity index (χ0n) is 15.9. The van der Waals surface area contributed by atoms with Crippen LogP contribution in [0.1, 0.15) is 36.3 Å². The second-order valence-corrected chi connectivity index (χ2v) is 7.01. The van der Waals surface area contributed by atoms with Gasteiger partial charge < -0.3 is 4.90 Å². The predicted molar refractivity (Wildman–Crippen MR) is 103 cm³/mol. The van der Waals surface area contributed by atoms with E-state index >= 15 is 0 Å². The highest BCUT2D eigenvalue weighted by Crippen LogP contribution is 2.22. The monoisotopic (exact) mass is 365 g/mol. The summed E-state index contributed by atoms with van der Waals surface area (Å²) in [6.45, 7) is 7.69. The van der Waals surface area contributed by atoms with Crippen LogP contribution >= 0.6 is 0 Å². The first-order chi connectivity index (χ1) is 13.0. The molecule has 1 saturated heterocycles. The fraction of sp³-hybridized carbons (Fsp3) is 0.421. The van der Waals surface area contributed by atoms with Gasteiger partial charge in [0, 0.05) is 42.3 Å². The fourth-order valence-corrected chi connectivity index (χ4v) is 3.46. The number of hydrogen-bond donors (Lipinski definition) is 1. The summed E-state index contributed by atoms with van der Waals surface area (Å²) in [4.78, 5) is 32.6. The molecule has 1 N–H and O–H groups in total. The van der Waals surface area contributed by atoms with Crippen LogP contribution in [0, 0.1) is 20.8 Å². The number of nitrogens with one attached hydrogen (secondary N) is 1. The van der Waals surface area contributed by atoms with Crippen molar-refractivity contribution in [2.45, 2.75) is 40.0 Å². The molecule has 0 spiro atoms. The molecule has 0 bridgehead atoms. The molecule has 3 aromatic heterocycles. The lowest BCUT2D eigenvalue weighted by molar-refractivity contribution is 0.568. The summed E-state index contributed by atoms with van der Waals surface area (Å²) >= 11 is 0. The smallest absolute Gasteiger partial charge is 0.274 e. The van der Waals surface area contributed by atoms with Crippen LogP contribution < -0.4 is 10.5 Å². The quantitative estimate of drug-likeness (QED) is 0.766. The van der Waals surface area contributed by atoms with E-state index in [1.165, 1.54) is 30.0 Å². The third-order valence-electron chi connectivity index (χ3n) is 4.79. The van der Waals surface area contributed by atoms with Crippen molar-refractivity contribution in [3.05, 3.63) is 45.8 Å². The maximum atomic E-state index is 12.5. The molecule has 1 aliphatic heterocycles. The molecule has 4 heterocycles. The van der Waals surface area contributed by atoms with Crippen LogP contribution in [0.25, 0.3) is 17.2 Å². The highest BCUT2D eigenvalue weighted by atomic mass is 16.1. The van der Waals surface area contributed by atoms with E-state index in [1.807, 2.05) is 26.8 Å². The summed E-state index contributed by atoms with van der Waals surface area (Å²) in [5.74, 6) is 1.10. The lowest BCUT2D eigenvalue weighted by Crippen LogP contribution is -2.31. The molecule has 0 radical (unpaired) electrons. The maximum Gasteiger partial charge on any atom is 0.274 e. The van der Waals surface area contributed by atoms with Gasteiger partial charge in [-0.25, -0.2) is 19.9 Å². The van der Waals surface area contributed by atoms with E-state index in [9.17, 15) is 4.79 Å². The molecule has 1 aliphatic rings. The molecule has 27 heavy (non-hydrogen) atoms. The van der Waals surface area contributed by atoms with Crippen molar-refractivity contribution >= 4 is 5.95 Å². The van der Waals surface area contributed by atoms with Crippen molar-refractivity contribution in [2.75, 3.05) is 18.0 Å². The summed E-state index contributed by atoms with van der Waals surface area (Å²) in [6, 6.07) is 3.41. The lowest BCUT2D eigenvalue weighted by Gasteiger charge is -2.26. The Labute approximate surface area is 157 Å². The molecule has 4 rings (SSSR count). The van der Waals surface area contributed by atoms with Crippen molar-refractivity contribution < 1.29 is 0 Å². The molecule has 0 amide bonds. The summed E-state index contributed by atoms with van der Waals surface area (Å²) in [7, 11) is 0. The van der Waals surface area contributed by atoms with E-state index in [-0.39, 0.29) is 5.56 Å². The van der Waals surface area contributed by atoms with Gasteiger partial charge in [-0.1, -0.05) is 0 Å². The number of H-pyrrole nitrogens is 1. The van der Waals surface area contributed by atoms with Gasteiger partial charge in [0.15, 0.2) is 0 Å². The number of aromatic nitrogens is 6. The molecule has 0 saturated carbocycles. The molecule has 0 aromatic carbocycles. The van der Waals surface area contributed by atoms with Crippen LogP contribution in [0.2, 0.25) is 0 Å². The van der Waals surface area contributed by atoms with Crippen LogP contribution in [-0.4, -0.2) is 42.8 Å². The van der Waals surface area contributed by atoms with Crippen LogP contribution in [-0.2, 0) is 0 Å². The van der Waals surface area contributed by atoms with Crippen LogP contribution in [0.4, 0.5) is 5.95 Å². The topological polar surface area (TPSA) is 92.6 Å². The summed E-state index contributed by atoms with van der Waals surface area (Å²) < 4.78 is 1.35. The second-order valence-electron chi connectivity index (χ2n) is 7.01. The fourth-order valence-electron chi connectivity index (χ4n) is 3.46. The normalized spacial score (nSPS) is 14.6. The first kappa shape index (κ1) is 17.4. The number of nitrogens with zero attached hydrogens (tertiary/aromatic N) is 6. The highest BCUT2D eigenvalue weighted by molar-refractivity contribution is 5.61. The zero-order chi connectivity index (χ0) is 19.0. The Morgan fingerprint density at radius 1 is 0.926 bits per heavy atom. The minimum absolute atomic E-state index is 0.213. The number of anilines is 1. The average Bonchev–Trinajstić information content (AvgIpc) is 3.03. The number of aromatic amines is 1.